The van der Waals surface area contributed by atoms with E-state index < -0.39 is 0 Å². The molecule has 70 valence electrons. The highest BCUT2D eigenvalue weighted by Crippen LogP contribution is 2.40. The van der Waals surface area contributed by atoms with Gasteiger partial charge in [-0.2, -0.15) is 4.37 Å². The van der Waals surface area contributed by atoms with Gasteiger partial charge >= 0.3 is 0 Å². The minimum Gasteiger partial charge on any atom is -0.311 e. The van der Waals surface area contributed by atoms with Crippen LogP contribution < -0.4 is 5.32 Å². The molecule has 2 fully saturated rings. The molecule has 2 saturated heterocycles. The van der Waals surface area contributed by atoms with Crippen LogP contribution >= 0.6 is 23.1 Å². The van der Waals surface area contributed by atoms with Crippen molar-refractivity contribution in [3.8, 4) is 0 Å². The minimum atomic E-state index is 0.627. The monoisotopic (exact) mass is 214 g/mol. The Balaban J connectivity index is 1.87. The van der Waals surface area contributed by atoms with Gasteiger partial charge in [-0.25, -0.2) is 0 Å². The number of halogens is 1. The number of hydrogen-bond acceptors (Lipinski definition) is 3. The van der Waals surface area contributed by atoms with E-state index >= 15 is 0 Å². The third-order valence-electron chi connectivity index (χ3n) is 3.18. The standard InChI is InChI=1S/C9H11ClN2S/c10-9-4-8(12-13-9)6-3-5-1-2-7(6)11-5/h4-7,11H,1-3H2. The fourth-order valence-corrected chi connectivity index (χ4v) is 3.36. The molecular formula is C9H11ClN2S. The van der Waals surface area contributed by atoms with E-state index in [0.717, 1.165) is 10.4 Å². The SMILES string of the molecule is Clc1cc(C2CC3CCC2N3)ns1. The Morgan fingerprint density at radius 3 is 3.00 bits per heavy atom. The Kier molecular flexibility index (Phi) is 1.86. The van der Waals surface area contributed by atoms with Gasteiger partial charge in [0, 0.05) is 18.0 Å². The van der Waals surface area contributed by atoms with Crippen molar-refractivity contribution in [2.75, 3.05) is 0 Å². The maximum Gasteiger partial charge on any atom is 0.114 e. The molecule has 1 N–H and O–H groups in total. The van der Waals surface area contributed by atoms with Crippen LogP contribution in [0.25, 0.3) is 0 Å². The molecule has 2 nitrogen and oxygen atoms in total. The third-order valence-corrected chi connectivity index (χ3v) is 4.09. The molecule has 3 heterocycles. The maximum absolute atomic E-state index is 5.88. The van der Waals surface area contributed by atoms with Gasteiger partial charge in [-0.15, -0.1) is 0 Å². The average Bonchev–Trinajstić information content (AvgIpc) is 2.77. The number of nitrogens with zero attached hydrogens (tertiary/aromatic N) is 1. The predicted octanol–water partition coefficient (Wildman–Crippen LogP) is 2.40. The van der Waals surface area contributed by atoms with Gasteiger partial charge in [-0.1, -0.05) is 11.6 Å². The lowest BCUT2D eigenvalue weighted by molar-refractivity contribution is 0.500. The Bertz CT molecular complexity index is 325. The van der Waals surface area contributed by atoms with Gasteiger partial charge in [0.1, 0.15) is 4.34 Å². The lowest BCUT2D eigenvalue weighted by Crippen LogP contribution is -2.21. The summed E-state index contributed by atoms with van der Waals surface area (Å²) in [6.45, 7) is 0. The fourth-order valence-electron chi connectivity index (χ4n) is 2.59. The first-order valence-corrected chi connectivity index (χ1v) is 5.86. The summed E-state index contributed by atoms with van der Waals surface area (Å²) in [6, 6.07) is 3.44. The number of aromatic nitrogens is 1. The van der Waals surface area contributed by atoms with Crippen LogP contribution in [0.2, 0.25) is 4.34 Å². The van der Waals surface area contributed by atoms with Gasteiger partial charge in [0.05, 0.1) is 5.69 Å². The van der Waals surface area contributed by atoms with Gasteiger partial charge in [0.15, 0.2) is 0 Å². The molecule has 1 aromatic rings. The Morgan fingerprint density at radius 2 is 2.46 bits per heavy atom. The molecule has 2 aliphatic rings. The molecule has 13 heavy (non-hydrogen) atoms. The summed E-state index contributed by atoms with van der Waals surface area (Å²) >= 11 is 7.28. The van der Waals surface area contributed by atoms with Gasteiger partial charge in [-0.3, -0.25) is 0 Å². The highest BCUT2D eigenvalue weighted by atomic mass is 35.5. The van der Waals surface area contributed by atoms with E-state index in [1.807, 2.05) is 6.07 Å². The highest BCUT2D eigenvalue weighted by Gasteiger charge is 2.40. The zero-order valence-electron chi connectivity index (χ0n) is 7.16. The van der Waals surface area contributed by atoms with Crippen LogP contribution in [0.1, 0.15) is 30.9 Å². The Hall–Kier alpha value is -0.120. The molecule has 4 heteroatoms. The lowest BCUT2D eigenvalue weighted by Gasteiger charge is -2.17. The van der Waals surface area contributed by atoms with Crippen molar-refractivity contribution in [3.05, 3.63) is 16.1 Å². The molecule has 3 unspecified atom stereocenters. The minimum absolute atomic E-state index is 0.627. The van der Waals surface area contributed by atoms with Crippen LogP contribution in [0.4, 0.5) is 0 Å². The smallest absolute Gasteiger partial charge is 0.114 e. The van der Waals surface area contributed by atoms with Crippen molar-refractivity contribution in [1.82, 2.24) is 9.69 Å². The van der Waals surface area contributed by atoms with Crippen molar-refractivity contribution >= 4 is 23.1 Å². The second kappa shape index (κ2) is 2.94. The van der Waals surface area contributed by atoms with Crippen molar-refractivity contribution in [2.45, 2.75) is 37.3 Å². The summed E-state index contributed by atoms with van der Waals surface area (Å²) < 4.78 is 5.20. The van der Waals surface area contributed by atoms with Crippen molar-refractivity contribution in [2.24, 2.45) is 0 Å². The van der Waals surface area contributed by atoms with Crippen LogP contribution in [0.15, 0.2) is 6.07 Å². The fraction of sp³-hybridized carbons (Fsp3) is 0.667. The van der Waals surface area contributed by atoms with Gasteiger partial charge < -0.3 is 5.32 Å². The molecule has 0 saturated carbocycles. The van der Waals surface area contributed by atoms with E-state index in [4.69, 9.17) is 11.6 Å². The Labute approximate surface area is 86.5 Å². The Morgan fingerprint density at radius 1 is 1.54 bits per heavy atom. The molecule has 0 aromatic carbocycles. The van der Waals surface area contributed by atoms with Crippen LogP contribution in [0.5, 0.6) is 0 Å². The summed E-state index contributed by atoms with van der Waals surface area (Å²) in [5.41, 5.74) is 1.20. The second-order valence-electron chi connectivity index (χ2n) is 3.95. The van der Waals surface area contributed by atoms with E-state index in [1.54, 1.807) is 0 Å². The zero-order valence-corrected chi connectivity index (χ0v) is 8.74. The van der Waals surface area contributed by atoms with Crippen molar-refractivity contribution in [3.63, 3.8) is 0 Å². The average molecular weight is 215 g/mol. The summed E-state index contributed by atoms with van der Waals surface area (Å²) in [6.07, 6.45) is 3.91. The highest BCUT2D eigenvalue weighted by molar-refractivity contribution is 7.10. The van der Waals surface area contributed by atoms with Crippen LogP contribution in [-0.4, -0.2) is 16.5 Å². The van der Waals surface area contributed by atoms with E-state index in [-0.39, 0.29) is 0 Å². The molecule has 0 aliphatic carbocycles. The molecule has 2 aliphatic heterocycles. The molecule has 3 rings (SSSR count). The number of hydrogen-bond donors (Lipinski definition) is 1. The van der Waals surface area contributed by atoms with E-state index in [1.165, 1.54) is 36.5 Å². The molecular weight excluding hydrogens is 204 g/mol. The van der Waals surface area contributed by atoms with Gasteiger partial charge in [0.25, 0.3) is 0 Å². The van der Waals surface area contributed by atoms with Crippen LogP contribution in [0, 0.1) is 0 Å². The largest absolute Gasteiger partial charge is 0.311 e. The normalized spacial score (nSPS) is 37.2. The number of fused-ring (bicyclic) bond motifs is 2. The zero-order chi connectivity index (χ0) is 8.84. The molecule has 2 bridgehead atoms. The first kappa shape index (κ1) is 8.21. The number of nitrogens with one attached hydrogen (secondary N) is 1. The summed E-state index contributed by atoms with van der Waals surface area (Å²) in [5, 5.41) is 3.61. The lowest BCUT2D eigenvalue weighted by atomic mass is 9.87. The van der Waals surface area contributed by atoms with Gasteiger partial charge in [-0.05, 0) is 36.9 Å². The molecule has 0 spiro atoms. The third kappa shape index (κ3) is 1.30. The summed E-state index contributed by atoms with van der Waals surface area (Å²) in [7, 11) is 0. The van der Waals surface area contributed by atoms with E-state index in [0.29, 0.717) is 12.0 Å². The second-order valence-corrected chi connectivity index (χ2v) is 5.38. The van der Waals surface area contributed by atoms with Gasteiger partial charge in [0.2, 0.25) is 0 Å². The summed E-state index contributed by atoms with van der Waals surface area (Å²) in [5.74, 6) is 0.627. The van der Waals surface area contributed by atoms with Crippen molar-refractivity contribution in [1.29, 1.82) is 0 Å². The quantitative estimate of drug-likeness (QED) is 0.777. The first-order valence-electron chi connectivity index (χ1n) is 4.71. The first-order chi connectivity index (χ1) is 6.33. The van der Waals surface area contributed by atoms with Crippen LogP contribution in [0.3, 0.4) is 0 Å². The molecule has 0 radical (unpaired) electrons. The molecule has 1 aromatic heterocycles. The molecule has 3 atom stereocenters. The van der Waals surface area contributed by atoms with Crippen molar-refractivity contribution < 1.29 is 0 Å². The summed E-state index contributed by atoms with van der Waals surface area (Å²) in [4.78, 5) is 0. The van der Waals surface area contributed by atoms with Crippen LogP contribution in [-0.2, 0) is 0 Å². The predicted molar refractivity (Wildman–Crippen MR) is 54.4 cm³/mol. The maximum atomic E-state index is 5.88. The topological polar surface area (TPSA) is 24.9 Å². The van der Waals surface area contributed by atoms with E-state index in [9.17, 15) is 0 Å². The molecule has 0 amide bonds. The number of rotatable bonds is 1. The van der Waals surface area contributed by atoms with E-state index in [2.05, 4.69) is 9.69 Å².